The third-order valence-electron chi connectivity index (χ3n) is 3.37. The van der Waals surface area contributed by atoms with Crippen molar-refractivity contribution < 1.29 is 4.42 Å². The van der Waals surface area contributed by atoms with Crippen molar-refractivity contribution in [2.24, 2.45) is 7.05 Å². The van der Waals surface area contributed by atoms with Gasteiger partial charge in [0.15, 0.2) is 10.2 Å². The summed E-state index contributed by atoms with van der Waals surface area (Å²) in [6.07, 6.45) is 3.52. The molecule has 0 spiro atoms. The van der Waals surface area contributed by atoms with Gasteiger partial charge in [-0.05, 0) is 37.9 Å². The van der Waals surface area contributed by atoms with Crippen molar-refractivity contribution in [1.82, 2.24) is 24.6 Å². The van der Waals surface area contributed by atoms with Gasteiger partial charge in [0.2, 0.25) is 0 Å². The summed E-state index contributed by atoms with van der Waals surface area (Å²) in [5, 5.41) is 12.7. The topological polar surface area (TPSA) is 60.0 Å². The van der Waals surface area contributed by atoms with Crippen molar-refractivity contribution in [2.75, 3.05) is 7.05 Å². The van der Waals surface area contributed by atoms with Gasteiger partial charge in [0, 0.05) is 18.6 Å². The number of furan rings is 1. The molecule has 0 radical (unpaired) electrons. The van der Waals surface area contributed by atoms with Crippen LogP contribution < -0.4 is 0 Å². The SMILES string of the molecule is CC(c1nccs1)N(C)Cc1ccc(Sc2nncn2C)o1. The number of rotatable bonds is 6. The van der Waals surface area contributed by atoms with Crippen LogP contribution in [-0.4, -0.2) is 31.7 Å². The number of thiazole rings is 1. The number of nitrogens with zero attached hydrogens (tertiary/aromatic N) is 5. The molecule has 0 aliphatic rings. The van der Waals surface area contributed by atoms with E-state index in [9.17, 15) is 0 Å². The standard InChI is InChI=1S/C14H17N5OS2/c1-10(13-15-6-7-21-13)18(2)8-11-4-5-12(20-11)22-14-17-16-9-19(14)3/h4-7,9-10H,8H2,1-3H3. The van der Waals surface area contributed by atoms with E-state index < -0.39 is 0 Å². The molecule has 0 aromatic carbocycles. The van der Waals surface area contributed by atoms with Crippen molar-refractivity contribution >= 4 is 23.1 Å². The fourth-order valence-electron chi connectivity index (χ4n) is 1.97. The lowest BCUT2D eigenvalue weighted by atomic mass is 10.3. The molecular weight excluding hydrogens is 318 g/mol. The summed E-state index contributed by atoms with van der Waals surface area (Å²) in [7, 11) is 3.99. The van der Waals surface area contributed by atoms with Crippen LogP contribution in [0.5, 0.6) is 0 Å². The number of hydrogen-bond acceptors (Lipinski definition) is 7. The summed E-state index contributed by atoms with van der Waals surface area (Å²) >= 11 is 3.14. The molecule has 0 aliphatic heterocycles. The maximum Gasteiger partial charge on any atom is 0.198 e. The van der Waals surface area contributed by atoms with E-state index in [1.54, 1.807) is 17.7 Å². The molecule has 0 bridgehead atoms. The van der Waals surface area contributed by atoms with Crippen LogP contribution in [0, 0.1) is 0 Å². The zero-order valence-corrected chi connectivity index (χ0v) is 14.3. The van der Waals surface area contributed by atoms with Crippen LogP contribution in [0.2, 0.25) is 0 Å². The first kappa shape index (κ1) is 15.3. The van der Waals surface area contributed by atoms with E-state index in [-0.39, 0.29) is 6.04 Å². The Kier molecular flexibility index (Phi) is 4.60. The average Bonchev–Trinajstić information content (AvgIpc) is 3.22. The van der Waals surface area contributed by atoms with Crippen LogP contribution in [0.1, 0.15) is 23.7 Å². The lowest BCUT2D eigenvalue weighted by Gasteiger charge is -2.21. The normalized spacial score (nSPS) is 12.9. The highest BCUT2D eigenvalue weighted by Gasteiger charge is 2.16. The minimum atomic E-state index is 0.264. The maximum atomic E-state index is 5.87. The van der Waals surface area contributed by atoms with Gasteiger partial charge in [0.05, 0.1) is 12.6 Å². The Morgan fingerprint density at radius 1 is 1.45 bits per heavy atom. The summed E-state index contributed by atoms with van der Waals surface area (Å²) in [4.78, 5) is 6.58. The fourth-order valence-corrected chi connectivity index (χ4v) is 3.47. The van der Waals surface area contributed by atoms with Crippen LogP contribution in [0.4, 0.5) is 0 Å². The zero-order chi connectivity index (χ0) is 15.5. The van der Waals surface area contributed by atoms with Gasteiger partial charge in [0.1, 0.15) is 17.1 Å². The van der Waals surface area contributed by atoms with Gasteiger partial charge in [-0.2, -0.15) is 0 Å². The Labute approximate surface area is 137 Å². The Morgan fingerprint density at radius 3 is 3.00 bits per heavy atom. The second-order valence-corrected chi connectivity index (χ2v) is 6.91. The summed E-state index contributed by atoms with van der Waals surface area (Å²) in [6, 6.07) is 4.24. The quantitative estimate of drug-likeness (QED) is 0.689. The van der Waals surface area contributed by atoms with Crippen molar-refractivity contribution in [1.29, 1.82) is 0 Å². The Hall–Kier alpha value is -1.64. The molecule has 3 rings (SSSR count). The molecule has 3 aromatic heterocycles. The first-order valence-corrected chi connectivity index (χ1v) is 8.53. The molecule has 1 atom stereocenters. The first-order valence-electron chi connectivity index (χ1n) is 6.83. The van der Waals surface area contributed by atoms with E-state index >= 15 is 0 Å². The Bertz CT molecular complexity index is 721. The molecule has 0 saturated heterocycles. The predicted molar refractivity (Wildman–Crippen MR) is 85.8 cm³/mol. The van der Waals surface area contributed by atoms with Gasteiger partial charge in [0.25, 0.3) is 0 Å². The molecule has 22 heavy (non-hydrogen) atoms. The van der Waals surface area contributed by atoms with E-state index in [0.29, 0.717) is 0 Å². The molecular formula is C14H17N5OS2. The highest BCUT2D eigenvalue weighted by molar-refractivity contribution is 7.99. The maximum absolute atomic E-state index is 5.87. The smallest absolute Gasteiger partial charge is 0.198 e. The zero-order valence-electron chi connectivity index (χ0n) is 12.6. The van der Waals surface area contributed by atoms with Crippen molar-refractivity contribution in [2.45, 2.75) is 29.8 Å². The van der Waals surface area contributed by atoms with Crippen LogP contribution >= 0.6 is 23.1 Å². The molecule has 0 N–H and O–H groups in total. The average molecular weight is 335 g/mol. The molecule has 0 fully saturated rings. The number of hydrogen-bond donors (Lipinski definition) is 0. The van der Waals surface area contributed by atoms with Crippen LogP contribution in [0.25, 0.3) is 0 Å². The van der Waals surface area contributed by atoms with Gasteiger partial charge < -0.3 is 8.98 Å². The molecule has 6 nitrogen and oxygen atoms in total. The van der Waals surface area contributed by atoms with Gasteiger partial charge in [-0.25, -0.2) is 4.98 Å². The molecule has 3 aromatic rings. The largest absolute Gasteiger partial charge is 0.453 e. The molecule has 116 valence electrons. The molecule has 0 amide bonds. The second-order valence-electron chi connectivity index (χ2n) is 5.01. The summed E-state index contributed by atoms with van der Waals surface area (Å²) < 4.78 is 7.74. The van der Waals surface area contributed by atoms with E-state index in [0.717, 1.165) is 27.6 Å². The first-order chi connectivity index (χ1) is 10.6. The summed E-state index contributed by atoms with van der Waals surface area (Å²) in [6.45, 7) is 2.89. The van der Waals surface area contributed by atoms with E-state index in [1.807, 2.05) is 35.3 Å². The van der Waals surface area contributed by atoms with Gasteiger partial charge in [-0.3, -0.25) is 4.90 Å². The lowest BCUT2D eigenvalue weighted by molar-refractivity contribution is 0.226. The summed E-state index contributed by atoms with van der Waals surface area (Å²) in [5.74, 6) is 0.926. The number of aryl methyl sites for hydroxylation is 1. The van der Waals surface area contributed by atoms with E-state index in [4.69, 9.17) is 4.42 Å². The predicted octanol–water partition coefficient (Wildman–Crippen LogP) is 3.21. The fraction of sp³-hybridized carbons (Fsp3) is 0.357. The van der Waals surface area contributed by atoms with Crippen molar-refractivity contribution in [3.8, 4) is 0 Å². The third-order valence-corrected chi connectivity index (χ3v) is 5.29. The van der Waals surface area contributed by atoms with Gasteiger partial charge in [-0.1, -0.05) is 0 Å². The minimum absolute atomic E-state index is 0.264. The molecule has 0 aliphatic carbocycles. The van der Waals surface area contributed by atoms with Crippen molar-refractivity contribution in [3.63, 3.8) is 0 Å². The highest BCUT2D eigenvalue weighted by Crippen LogP contribution is 2.28. The van der Waals surface area contributed by atoms with E-state index in [2.05, 4.69) is 34.1 Å². The Balaban J connectivity index is 1.63. The molecule has 3 heterocycles. The highest BCUT2D eigenvalue weighted by atomic mass is 32.2. The van der Waals surface area contributed by atoms with E-state index in [1.165, 1.54) is 11.8 Å². The molecule has 1 unspecified atom stereocenters. The van der Waals surface area contributed by atoms with Crippen molar-refractivity contribution in [3.05, 3.63) is 40.8 Å². The Morgan fingerprint density at radius 2 is 2.32 bits per heavy atom. The van der Waals surface area contributed by atoms with Crippen LogP contribution in [0.15, 0.2) is 44.7 Å². The minimum Gasteiger partial charge on any atom is -0.453 e. The van der Waals surface area contributed by atoms with Crippen LogP contribution in [0.3, 0.4) is 0 Å². The van der Waals surface area contributed by atoms with Gasteiger partial charge in [-0.15, -0.1) is 21.5 Å². The third kappa shape index (κ3) is 3.40. The summed E-state index contributed by atoms with van der Waals surface area (Å²) in [5.41, 5.74) is 0. The lowest BCUT2D eigenvalue weighted by Crippen LogP contribution is -2.21. The number of aromatic nitrogens is 4. The van der Waals surface area contributed by atoms with Gasteiger partial charge >= 0.3 is 0 Å². The monoisotopic (exact) mass is 335 g/mol. The molecule has 0 saturated carbocycles. The van der Waals surface area contributed by atoms with Crippen LogP contribution in [-0.2, 0) is 13.6 Å². The molecule has 8 heteroatoms. The second kappa shape index (κ2) is 6.64.